The van der Waals surface area contributed by atoms with Crippen molar-refractivity contribution in [1.82, 2.24) is 29.8 Å². The number of carbonyl (C=O) groups excluding carboxylic acids is 4. The van der Waals surface area contributed by atoms with Gasteiger partial charge >= 0.3 is 10.2 Å². The average molecular weight is 947 g/mol. The Labute approximate surface area is 375 Å². The van der Waals surface area contributed by atoms with Crippen LogP contribution in [0, 0.1) is 23.3 Å². The van der Waals surface area contributed by atoms with Crippen LogP contribution in [0.5, 0.6) is 0 Å². The predicted octanol–water partition coefficient (Wildman–Crippen LogP) is 4.90. The van der Waals surface area contributed by atoms with Crippen LogP contribution >= 0.6 is 23.1 Å². The monoisotopic (exact) mass is 946 g/mol. The second-order valence-corrected chi connectivity index (χ2v) is 18.2. The van der Waals surface area contributed by atoms with E-state index in [1.54, 1.807) is 36.4 Å². The van der Waals surface area contributed by atoms with Gasteiger partial charge in [0.05, 0.1) is 20.8 Å². The first kappa shape index (κ1) is 44.5. The number of rotatable bonds is 14. The summed E-state index contributed by atoms with van der Waals surface area (Å²) in [4.78, 5) is 58.3. The summed E-state index contributed by atoms with van der Waals surface area (Å²) in [5.74, 6) is -7.10. The van der Waals surface area contributed by atoms with E-state index in [4.69, 9.17) is 0 Å². The second-order valence-electron chi connectivity index (χ2n) is 14.9. The van der Waals surface area contributed by atoms with Gasteiger partial charge in [-0.1, -0.05) is 21.1 Å². The zero-order chi connectivity index (χ0) is 46.2. The van der Waals surface area contributed by atoms with Crippen LogP contribution in [0.2, 0.25) is 0 Å². The zero-order valence-corrected chi connectivity index (χ0v) is 36.4. The number of carbonyl (C=O) groups is 4. The van der Waals surface area contributed by atoms with Crippen LogP contribution < -0.4 is 29.0 Å². The Hall–Kier alpha value is -7.11. The largest absolute Gasteiger partial charge is 0.342 e. The van der Waals surface area contributed by atoms with Crippen molar-refractivity contribution >= 4 is 100 Å². The maximum absolute atomic E-state index is 14.3. The van der Waals surface area contributed by atoms with Gasteiger partial charge in [0.2, 0.25) is 23.6 Å². The topological polar surface area (TPSA) is 191 Å². The van der Waals surface area contributed by atoms with Crippen LogP contribution in [-0.4, -0.2) is 90.5 Å². The summed E-state index contributed by atoms with van der Waals surface area (Å²) in [7, 11) is -1.90. The maximum atomic E-state index is 14.3. The molecule has 2 N–H and O–H groups in total. The molecule has 0 saturated carbocycles. The van der Waals surface area contributed by atoms with E-state index in [1.807, 2.05) is 0 Å². The molecule has 1 aliphatic rings. The Kier molecular flexibility index (Phi) is 12.4. The highest BCUT2D eigenvalue weighted by Gasteiger charge is 2.43. The molecule has 0 aliphatic carbocycles. The van der Waals surface area contributed by atoms with Gasteiger partial charge in [-0.05, 0) is 107 Å². The van der Waals surface area contributed by atoms with Crippen LogP contribution in [0.4, 0.5) is 40.3 Å². The van der Waals surface area contributed by atoms with Crippen LogP contribution in [-0.2, 0) is 42.2 Å². The molecule has 0 saturated heterocycles. The Morgan fingerprint density at radius 1 is 0.600 bits per heavy atom. The van der Waals surface area contributed by atoms with E-state index in [-0.39, 0.29) is 22.5 Å². The lowest BCUT2D eigenvalue weighted by Gasteiger charge is -2.27. The normalized spacial score (nSPS) is 13.9. The van der Waals surface area contributed by atoms with Crippen molar-refractivity contribution in [3.05, 3.63) is 131 Å². The zero-order valence-electron chi connectivity index (χ0n) is 34.0. The van der Waals surface area contributed by atoms with E-state index in [0.29, 0.717) is 34.5 Å². The van der Waals surface area contributed by atoms with Crippen molar-refractivity contribution in [2.24, 2.45) is 0 Å². The molecule has 8 rings (SSSR count). The Balaban J connectivity index is 1.02. The number of benzene rings is 5. The van der Waals surface area contributed by atoms with E-state index < -0.39 is 95.1 Å². The number of nitrogens with zero attached hydrogens (tertiary/aromatic N) is 8. The molecule has 65 heavy (non-hydrogen) atoms. The minimum atomic E-state index is -4.75. The van der Waals surface area contributed by atoms with E-state index >= 15 is 0 Å². The molecule has 0 bridgehead atoms. The first-order valence-electron chi connectivity index (χ1n) is 19.4. The van der Waals surface area contributed by atoms with Gasteiger partial charge in [0, 0.05) is 50.4 Å². The number of hydrogen-bond acceptors (Lipinski definition) is 12. The van der Waals surface area contributed by atoms with E-state index in [1.165, 1.54) is 48.2 Å². The molecule has 0 spiro atoms. The molecular formula is C42H34F4N10O6S3. The number of para-hydroxylation sites is 2. The number of fused-ring (bicyclic) bond motifs is 3. The van der Waals surface area contributed by atoms with Crippen LogP contribution in [0.15, 0.2) is 97.1 Å². The van der Waals surface area contributed by atoms with Gasteiger partial charge in [0.25, 0.3) is 0 Å². The standard InChI is InChI=1S/C42H34F4N10O6S3/c1-53(29-7-9-37-31(19-29)49-51-63-37)41(59)33(15-23-11-25(43)17-26(44)12-23)47-39(57)21-55-35-5-3-4-6-36(35)56(65(55,61)62)22-40(58)48-34(16-24-13-27(45)18-28(46)14-24)42(60)54(2)30-8-10-38-32(20-30)50-52-64-38/h3-14,17-20,33-34H,15-16,21-22H2,1-2H3,(H,47,57)(H,48,58)/t33-,34-/m0/s1. The number of nitrogens with one attached hydrogen (secondary N) is 2. The van der Waals surface area contributed by atoms with Crippen molar-refractivity contribution in [3.63, 3.8) is 0 Å². The molecule has 0 fully saturated rings. The fourth-order valence-electron chi connectivity index (χ4n) is 7.34. The molecule has 1 aliphatic heterocycles. The van der Waals surface area contributed by atoms with E-state index in [2.05, 4.69) is 29.8 Å². The van der Waals surface area contributed by atoms with Crippen LogP contribution in [0.3, 0.4) is 0 Å². The van der Waals surface area contributed by atoms with E-state index in [9.17, 15) is 45.2 Å². The van der Waals surface area contributed by atoms with Gasteiger partial charge in [0.15, 0.2) is 0 Å². The summed E-state index contributed by atoms with van der Waals surface area (Å²) in [5, 5.41) is 13.1. The maximum Gasteiger partial charge on any atom is 0.327 e. The Morgan fingerprint density at radius 2 is 0.985 bits per heavy atom. The van der Waals surface area contributed by atoms with Gasteiger partial charge in [-0.2, -0.15) is 8.42 Å². The molecule has 5 aromatic carbocycles. The molecule has 0 unspecified atom stereocenters. The molecular weight excluding hydrogens is 913 g/mol. The minimum Gasteiger partial charge on any atom is -0.342 e. The summed E-state index contributed by atoms with van der Waals surface area (Å²) in [6.45, 7) is -1.82. The fourth-order valence-corrected chi connectivity index (χ4v) is 10.0. The number of aromatic nitrogens is 4. The summed E-state index contributed by atoms with van der Waals surface area (Å²) < 4.78 is 96.5. The summed E-state index contributed by atoms with van der Waals surface area (Å²) in [5.41, 5.74) is 1.73. The fraction of sp³-hybridized carbons (Fsp3) is 0.190. The highest BCUT2D eigenvalue weighted by atomic mass is 32.2. The van der Waals surface area contributed by atoms with Gasteiger partial charge in [-0.25, -0.2) is 26.2 Å². The summed E-state index contributed by atoms with van der Waals surface area (Å²) >= 11 is 2.28. The van der Waals surface area contributed by atoms with Crippen molar-refractivity contribution in [3.8, 4) is 0 Å². The van der Waals surface area contributed by atoms with Crippen LogP contribution in [0.25, 0.3) is 20.4 Å². The molecule has 4 amide bonds. The van der Waals surface area contributed by atoms with Gasteiger partial charge in [-0.3, -0.25) is 19.2 Å². The molecule has 2 atom stereocenters. The third-order valence-electron chi connectivity index (χ3n) is 10.4. The third kappa shape index (κ3) is 9.56. The minimum absolute atomic E-state index is 0.0117. The highest BCUT2D eigenvalue weighted by Crippen LogP contribution is 2.40. The third-order valence-corrected chi connectivity index (χ3v) is 13.6. The van der Waals surface area contributed by atoms with Crippen molar-refractivity contribution in [2.75, 3.05) is 45.6 Å². The SMILES string of the molecule is CN(C(=O)[C@H](Cc1cc(F)cc(F)c1)NC(=O)CN1c2ccccc2N(CC(=O)N[C@@H](Cc2cc(F)cc(F)c2)C(=O)N(C)c2ccc3snnc3c2)S1(=O)=O)c1ccc2snnc2c1. The Bertz CT molecular complexity index is 2880. The lowest BCUT2D eigenvalue weighted by Crippen LogP contribution is -2.53. The molecule has 16 nitrogen and oxygen atoms in total. The van der Waals surface area contributed by atoms with Crippen LogP contribution in [0.1, 0.15) is 11.1 Å². The lowest BCUT2D eigenvalue weighted by atomic mass is 10.0. The Morgan fingerprint density at radius 3 is 1.37 bits per heavy atom. The number of halogens is 4. The molecule has 7 aromatic rings. The predicted molar refractivity (Wildman–Crippen MR) is 236 cm³/mol. The van der Waals surface area contributed by atoms with E-state index in [0.717, 1.165) is 65.3 Å². The molecule has 334 valence electrons. The van der Waals surface area contributed by atoms with Gasteiger partial charge in [0.1, 0.15) is 59.5 Å². The first-order valence-corrected chi connectivity index (χ1v) is 22.4. The first-order chi connectivity index (χ1) is 31.0. The quantitative estimate of drug-likeness (QED) is 0.142. The highest BCUT2D eigenvalue weighted by molar-refractivity contribution is 7.94. The van der Waals surface area contributed by atoms with Gasteiger partial charge in [-0.15, -0.1) is 10.2 Å². The molecule has 0 radical (unpaired) electrons. The molecule has 23 heteroatoms. The van der Waals surface area contributed by atoms with Crippen molar-refractivity contribution in [2.45, 2.75) is 24.9 Å². The number of anilines is 4. The lowest BCUT2D eigenvalue weighted by molar-refractivity contribution is -0.126. The smallest absolute Gasteiger partial charge is 0.327 e. The number of amides is 4. The summed E-state index contributed by atoms with van der Waals surface area (Å²) in [6, 6.07) is 17.9. The van der Waals surface area contributed by atoms with Crippen molar-refractivity contribution < 1.29 is 45.2 Å². The summed E-state index contributed by atoms with van der Waals surface area (Å²) in [6.07, 6.45) is -0.790. The number of hydrogen-bond donors (Lipinski definition) is 2. The number of likely N-dealkylation sites (N-methyl/N-ethyl adjacent to an activating group) is 2. The average Bonchev–Trinajstić information content (AvgIpc) is 3.98. The van der Waals surface area contributed by atoms with Crippen molar-refractivity contribution in [1.29, 1.82) is 0 Å². The second kappa shape index (κ2) is 18.2. The molecule has 3 heterocycles. The molecule has 2 aromatic heterocycles. The van der Waals surface area contributed by atoms with Gasteiger partial charge < -0.3 is 20.4 Å².